The van der Waals surface area contributed by atoms with Gasteiger partial charge >= 0.3 is 150 Å². The summed E-state index contributed by atoms with van der Waals surface area (Å²) in [7, 11) is 0. The Morgan fingerprint density at radius 1 is 1.18 bits per heavy atom. The van der Waals surface area contributed by atoms with Gasteiger partial charge in [0.15, 0.2) is 0 Å². The predicted octanol–water partition coefficient (Wildman–Crippen LogP) is 4.34. The SMILES string of the molecule is CC(=O)NC[C@H]1CN(c2ccc(-c3ccc(CNCc4bcc(Br)cc4)cc3)c(F)c2)C(=O)O1. The van der Waals surface area contributed by atoms with Crippen LogP contribution in [0.3, 0.4) is 0 Å². The second-order valence-corrected chi connectivity index (χ2v) is 9.06. The van der Waals surface area contributed by atoms with Gasteiger partial charge in [0.1, 0.15) is 6.10 Å². The van der Waals surface area contributed by atoms with Crippen molar-refractivity contribution in [3.8, 4) is 11.1 Å². The van der Waals surface area contributed by atoms with Crippen molar-refractivity contribution < 1.29 is 18.7 Å². The number of carbonyl (C=O) groups excluding carboxylic acids is 2. The van der Waals surface area contributed by atoms with Gasteiger partial charge in [0, 0.05) is 6.92 Å². The molecule has 174 valence electrons. The molecule has 0 bridgehead atoms. The number of ether oxygens (including phenoxy) is 1. The van der Waals surface area contributed by atoms with E-state index in [9.17, 15) is 14.0 Å². The maximum absolute atomic E-state index is 14.9. The second-order valence-electron chi connectivity index (χ2n) is 8.14. The molecule has 1 aliphatic rings. The van der Waals surface area contributed by atoms with Gasteiger partial charge in [0.2, 0.25) is 5.91 Å². The Balaban J connectivity index is 1.36. The van der Waals surface area contributed by atoms with Crippen molar-refractivity contribution in [1.29, 1.82) is 0 Å². The van der Waals surface area contributed by atoms with E-state index in [1.165, 1.54) is 23.3 Å². The molecule has 0 unspecified atom stereocenters. The molecule has 0 radical (unpaired) electrons. The number of carbonyl (C=O) groups is 2. The molecule has 1 aromatic heterocycles. The maximum Gasteiger partial charge on any atom is 0.414 e. The van der Waals surface area contributed by atoms with E-state index in [1.54, 1.807) is 12.1 Å². The third-order valence-electron chi connectivity index (χ3n) is 5.55. The van der Waals surface area contributed by atoms with E-state index in [2.05, 4.69) is 39.5 Å². The molecule has 2 heterocycles. The molecular formula is C25H24BBrFN3O3. The number of hydrogen-bond donors (Lipinski definition) is 2. The summed E-state index contributed by atoms with van der Waals surface area (Å²) in [5.41, 5.74) is 3.94. The summed E-state index contributed by atoms with van der Waals surface area (Å²) in [6.45, 7) is 5.40. The number of anilines is 1. The Hall–Kier alpha value is -3.04. The van der Waals surface area contributed by atoms with Crippen molar-refractivity contribution in [2.24, 2.45) is 0 Å². The Morgan fingerprint density at radius 3 is 2.65 bits per heavy atom. The summed E-state index contributed by atoms with van der Waals surface area (Å²) in [5.74, 6) is 1.40. The van der Waals surface area contributed by atoms with Crippen molar-refractivity contribution in [2.75, 3.05) is 18.0 Å². The molecule has 34 heavy (non-hydrogen) atoms. The zero-order valence-corrected chi connectivity index (χ0v) is 20.3. The Kier molecular flexibility index (Phi) is 7.75. The number of nitrogens with zero attached hydrogens (tertiary/aromatic N) is 1. The van der Waals surface area contributed by atoms with Crippen LogP contribution in [0.25, 0.3) is 11.1 Å². The fourth-order valence-corrected chi connectivity index (χ4v) is 4.02. The van der Waals surface area contributed by atoms with Gasteiger partial charge in [-0.25, -0.2) is 4.79 Å². The Labute approximate surface area is 206 Å². The molecule has 2 amide bonds. The number of benzene rings is 2. The molecule has 0 aliphatic carbocycles. The van der Waals surface area contributed by atoms with Crippen LogP contribution in [0.2, 0.25) is 0 Å². The first-order valence-corrected chi connectivity index (χ1v) is 11.7. The molecule has 1 aliphatic heterocycles. The third-order valence-corrected chi connectivity index (χ3v) is 6.08. The van der Waals surface area contributed by atoms with Gasteiger partial charge in [-0.2, -0.15) is 0 Å². The number of nitrogens with one attached hydrogen (secondary N) is 2. The summed E-state index contributed by atoms with van der Waals surface area (Å²) < 4.78 is 21.2. The summed E-state index contributed by atoms with van der Waals surface area (Å²) >= 11 is 3.43. The number of hydrogen-bond acceptors (Lipinski definition) is 4. The van der Waals surface area contributed by atoms with Gasteiger partial charge in [-0.1, -0.05) is 0 Å². The van der Waals surface area contributed by atoms with Crippen molar-refractivity contribution in [2.45, 2.75) is 26.1 Å². The molecular weight excluding hydrogens is 500 g/mol. The van der Waals surface area contributed by atoms with E-state index in [0.717, 1.165) is 22.1 Å². The van der Waals surface area contributed by atoms with Crippen LogP contribution in [0.1, 0.15) is 17.9 Å². The monoisotopic (exact) mass is 523 g/mol. The smallest absolute Gasteiger partial charge is 0.414 e. The van der Waals surface area contributed by atoms with Gasteiger partial charge in [0.05, 0.1) is 13.1 Å². The normalized spacial score (nSPS) is 15.2. The average Bonchev–Trinajstić information content (AvgIpc) is 3.20. The maximum atomic E-state index is 14.9. The Bertz CT molecular complexity index is 1180. The molecule has 2 N–H and O–H groups in total. The van der Waals surface area contributed by atoms with Gasteiger partial charge in [-0.15, -0.1) is 0 Å². The minimum atomic E-state index is -0.553. The zero-order chi connectivity index (χ0) is 24.1. The number of amides is 2. The van der Waals surface area contributed by atoms with Gasteiger partial charge < -0.3 is 10.1 Å². The summed E-state index contributed by atoms with van der Waals surface area (Å²) in [6.07, 6.45) is -1.02. The molecule has 3 aromatic rings. The first-order chi connectivity index (χ1) is 16.4. The quantitative estimate of drug-likeness (QED) is 0.460. The topological polar surface area (TPSA) is 70.7 Å². The van der Waals surface area contributed by atoms with Gasteiger partial charge in [-0.3, -0.25) is 9.69 Å². The largest absolute Gasteiger partial charge is 0.442 e. The summed E-state index contributed by atoms with van der Waals surface area (Å²) in [4.78, 5) is 24.6. The number of rotatable bonds is 8. The van der Waals surface area contributed by atoms with E-state index < -0.39 is 18.0 Å². The van der Waals surface area contributed by atoms with Gasteiger partial charge in [0.25, 0.3) is 0 Å². The minimum absolute atomic E-state index is 0.198. The molecule has 9 heteroatoms. The third kappa shape index (κ3) is 6.09. The summed E-state index contributed by atoms with van der Waals surface area (Å²) in [6, 6.07) is 16.5. The molecule has 1 fully saturated rings. The first-order valence-electron chi connectivity index (χ1n) is 11.0. The molecule has 2 aromatic carbocycles. The molecule has 0 spiro atoms. The fourth-order valence-electron chi connectivity index (χ4n) is 3.76. The van der Waals surface area contributed by atoms with Crippen LogP contribution >= 0.6 is 15.9 Å². The average molecular weight is 524 g/mol. The van der Waals surface area contributed by atoms with Crippen molar-refractivity contribution in [3.05, 3.63) is 81.9 Å². The molecule has 1 saturated heterocycles. The predicted molar refractivity (Wildman–Crippen MR) is 134 cm³/mol. The van der Waals surface area contributed by atoms with E-state index >= 15 is 0 Å². The second kappa shape index (κ2) is 10.9. The standard InChI is InChI=1S/C25H24BBrFN3O3/c1-16(32)30-14-22-15-31(25(33)34-22)21-8-9-23(24(28)10-21)18-4-2-17(3-5-18)12-29-13-19-6-7-20(27)11-26-19/h2-11,22,29H,12-15H2,1H3,(H,30,32)/t22-/m0/s1. The van der Waals surface area contributed by atoms with Crippen LogP contribution in [0, 0.1) is 5.82 Å². The summed E-state index contributed by atoms with van der Waals surface area (Å²) in [5, 5.41) is 6.03. The molecule has 1 atom stereocenters. The van der Waals surface area contributed by atoms with Crippen molar-refractivity contribution in [1.82, 2.24) is 10.6 Å². The fraction of sp³-hybridized carbons (Fsp3) is 0.240. The van der Waals surface area contributed by atoms with Crippen LogP contribution in [0.5, 0.6) is 0 Å². The molecule has 6 nitrogen and oxygen atoms in total. The van der Waals surface area contributed by atoms with Crippen LogP contribution in [0.4, 0.5) is 14.9 Å². The van der Waals surface area contributed by atoms with E-state index in [-0.39, 0.29) is 19.0 Å². The zero-order valence-electron chi connectivity index (χ0n) is 18.7. The van der Waals surface area contributed by atoms with Crippen LogP contribution in [0.15, 0.2) is 65.0 Å². The van der Waals surface area contributed by atoms with Crippen LogP contribution in [-0.4, -0.2) is 38.1 Å². The number of cyclic esters (lactones) is 1. The number of halogens is 2. The Morgan fingerprint density at radius 2 is 1.97 bits per heavy atom. The van der Waals surface area contributed by atoms with E-state index in [0.29, 0.717) is 17.8 Å². The van der Waals surface area contributed by atoms with Crippen LogP contribution in [-0.2, 0) is 22.6 Å². The van der Waals surface area contributed by atoms with Crippen molar-refractivity contribution >= 4 is 40.5 Å². The minimum Gasteiger partial charge on any atom is -0.442 e. The van der Waals surface area contributed by atoms with Crippen LogP contribution < -0.4 is 15.5 Å². The molecule has 0 saturated carbocycles. The van der Waals surface area contributed by atoms with E-state index in [1.807, 2.05) is 36.3 Å². The van der Waals surface area contributed by atoms with Gasteiger partial charge in [-0.05, 0) is 0 Å². The van der Waals surface area contributed by atoms with Crippen molar-refractivity contribution in [3.63, 3.8) is 0 Å². The van der Waals surface area contributed by atoms with E-state index in [4.69, 9.17) is 4.74 Å². The first kappa shape index (κ1) is 24.1. The molecule has 4 rings (SSSR count).